The van der Waals surface area contributed by atoms with Gasteiger partial charge in [0.05, 0.1) is 7.11 Å². The molecule has 0 spiro atoms. The zero-order valence-electron chi connectivity index (χ0n) is 17.9. The SMILES string of the molecule is COC(=O)C1N2C(=O)C(NC(=O)C(Oc3ccccc3)Oc3ccccc3)[C@@H]2SC1(C)C. The summed E-state index contributed by atoms with van der Waals surface area (Å²) in [7, 11) is 1.30. The van der Waals surface area contributed by atoms with E-state index in [9.17, 15) is 14.4 Å². The minimum atomic E-state index is -1.31. The predicted octanol–water partition coefficient (Wildman–Crippen LogP) is 2.19. The molecule has 2 unspecified atom stereocenters. The summed E-state index contributed by atoms with van der Waals surface area (Å²) in [5, 5.41) is 2.37. The second kappa shape index (κ2) is 8.74. The fourth-order valence-corrected chi connectivity index (χ4v) is 5.46. The number of ether oxygens (including phenoxy) is 3. The van der Waals surface area contributed by atoms with Crippen molar-refractivity contribution in [3.05, 3.63) is 60.7 Å². The molecular weight excluding hydrogens is 432 g/mol. The number of carbonyl (C=O) groups is 3. The summed E-state index contributed by atoms with van der Waals surface area (Å²) in [4.78, 5) is 39.7. The number of esters is 1. The van der Waals surface area contributed by atoms with Crippen LogP contribution in [0.5, 0.6) is 11.5 Å². The second-order valence-electron chi connectivity index (χ2n) is 7.96. The quantitative estimate of drug-likeness (QED) is 0.388. The summed E-state index contributed by atoms with van der Waals surface area (Å²) in [6.45, 7) is 3.76. The van der Waals surface area contributed by atoms with Crippen molar-refractivity contribution in [2.45, 2.75) is 42.3 Å². The largest absolute Gasteiger partial charge is 0.467 e. The van der Waals surface area contributed by atoms with E-state index in [4.69, 9.17) is 14.2 Å². The van der Waals surface area contributed by atoms with Crippen LogP contribution in [0.25, 0.3) is 0 Å². The Labute approximate surface area is 190 Å². The molecule has 2 fully saturated rings. The Hall–Kier alpha value is -3.20. The zero-order chi connectivity index (χ0) is 22.9. The average molecular weight is 457 g/mol. The van der Waals surface area contributed by atoms with Crippen molar-refractivity contribution in [2.24, 2.45) is 0 Å². The van der Waals surface area contributed by atoms with Crippen LogP contribution in [0.1, 0.15) is 13.8 Å². The molecule has 3 atom stereocenters. The fraction of sp³-hybridized carbons (Fsp3) is 0.348. The normalized spacial score (nSPS) is 23.2. The predicted molar refractivity (Wildman–Crippen MR) is 118 cm³/mol. The zero-order valence-corrected chi connectivity index (χ0v) is 18.7. The molecule has 9 heteroatoms. The van der Waals surface area contributed by atoms with E-state index in [0.717, 1.165) is 0 Å². The summed E-state index contributed by atoms with van der Waals surface area (Å²) < 4.78 is 15.9. The van der Waals surface area contributed by atoms with Gasteiger partial charge in [-0.05, 0) is 38.1 Å². The third kappa shape index (κ3) is 4.12. The topological polar surface area (TPSA) is 94.2 Å². The van der Waals surface area contributed by atoms with Gasteiger partial charge in [0.15, 0.2) is 0 Å². The van der Waals surface area contributed by atoms with E-state index in [1.165, 1.54) is 23.8 Å². The lowest BCUT2D eigenvalue weighted by molar-refractivity contribution is -0.164. The van der Waals surface area contributed by atoms with Gasteiger partial charge >= 0.3 is 18.2 Å². The Bertz CT molecular complexity index is 959. The fourth-order valence-electron chi connectivity index (χ4n) is 3.84. The van der Waals surface area contributed by atoms with E-state index in [1.54, 1.807) is 48.5 Å². The standard InChI is InChI=1S/C23H24N2O6S/c1-23(2)17(21(28)29-3)25-19(27)16(20(25)32-23)24-18(26)22(30-14-10-6-4-7-11-14)31-15-12-8-5-9-13-15/h4-13,16-17,20,22H,1-3H3,(H,24,26)/t16?,17?,20-/m0/s1. The molecule has 2 aliphatic heterocycles. The molecule has 0 radical (unpaired) electrons. The molecule has 8 nitrogen and oxygen atoms in total. The van der Waals surface area contributed by atoms with Crippen LogP contribution in [-0.2, 0) is 19.1 Å². The van der Waals surface area contributed by atoms with Crippen molar-refractivity contribution < 1.29 is 28.6 Å². The molecule has 32 heavy (non-hydrogen) atoms. The number of fused-ring (bicyclic) bond motifs is 1. The van der Waals surface area contributed by atoms with Crippen molar-refractivity contribution in [3.8, 4) is 11.5 Å². The van der Waals surface area contributed by atoms with Gasteiger partial charge < -0.3 is 24.4 Å². The van der Waals surface area contributed by atoms with Crippen LogP contribution >= 0.6 is 11.8 Å². The van der Waals surface area contributed by atoms with Crippen molar-refractivity contribution >= 4 is 29.5 Å². The summed E-state index contributed by atoms with van der Waals surface area (Å²) in [6, 6.07) is 16.1. The van der Waals surface area contributed by atoms with Gasteiger partial charge in [0.25, 0.3) is 0 Å². The number of nitrogens with one attached hydrogen (secondary N) is 1. The highest BCUT2D eigenvalue weighted by Gasteiger charge is 2.64. The molecule has 2 aliphatic rings. The van der Waals surface area contributed by atoms with Gasteiger partial charge in [0.1, 0.15) is 29.0 Å². The third-order valence-electron chi connectivity index (χ3n) is 5.35. The van der Waals surface area contributed by atoms with Crippen molar-refractivity contribution in [3.63, 3.8) is 0 Å². The molecule has 1 N–H and O–H groups in total. The molecule has 0 bridgehead atoms. The second-order valence-corrected chi connectivity index (χ2v) is 9.73. The van der Waals surface area contributed by atoms with Crippen LogP contribution in [0.4, 0.5) is 0 Å². The molecule has 0 aromatic heterocycles. The van der Waals surface area contributed by atoms with E-state index in [0.29, 0.717) is 11.5 Å². The lowest BCUT2D eigenvalue weighted by Crippen LogP contribution is -2.71. The number of β-lactam (4-membered cyclic amide) rings is 1. The van der Waals surface area contributed by atoms with Gasteiger partial charge in [-0.15, -0.1) is 11.8 Å². The Morgan fingerprint density at radius 3 is 2.03 bits per heavy atom. The van der Waals surface area contributed by atoms with Gasteiger partial charge in [-0.3, -0.25) is 9.59 Å². The Kier molecular flexibility index (Phi) is 6.01. The highest BCUT2D eigenvalue weighted by atomic mass is 32.2. The van der Waals surface area contributed by atoms with Crippen molar-refractivity contribution in [2.75, 3.05) is 7.11 Å². The first-order valence-electron chi connectivity index (χ1n) is 10.1. The van der Waals surface area contributed by atoms with Gasteiger partial charge in [-0.25, -0.2) is 4.79 Å². The maximum absolute atomic E-state index is 13.1. The number of benzene rings is 2. The van der Waals surface area contributed by atoms with Gasteiger partial charge in [0.2, 0.25) is 5.91 Å². The van der Waals surface area contributed by atoms with Crippen LogP contribution in [0.15, 0.2) is 60.7 Å². The lowest BCUT2D eigenvalue weighted by atomic mass is 9.96. The minimum absolute atomic E-state index is 0.338. The maximum Gasteiger partial charge on any atom is 0.330 e. The number of para-hydroxylation sites is 2. The maximum atomic E-state index is 13.1. The molecule has 168 valence electrons. The van der Waals surface area contributed by atoms with E-state index in [-0.39, 0.29) is 11.3 Å². The molecule has 4 rings (SSSR count). The Balaban J connectivity index is 1.50. The molecule has 2 aromatic carbocycles. The minimum Gasteiger partial charge on any atom is -0.467 e. The van der Waals surface area contributed by atoms with Crippen molar-refractivity contribution in [1.29, 1.82) is 0 Å². The first-order chi connectivity index (χ1) is 15.3. The highest BCUT2D eigenvalue weighted by Crippen LogP contribution is 2.51. The van der Waals surface area contributed by atoms with Crippen LogP contribution in [0.2, 0.25) is 0 Å². The number of carbonyl (C=O) groups excluding carboxylic acids is 3. The first-order valence-corrected chi connectivity index (χ1v) is 11.0. The van der Waals surface area contributed by atoms with E-state index >= 15 is 0 Å². The number of rotatable bonds is 7. The molecule has 0 saturated carbocycles. The van der Waals surface area contributed by atoms with Gasteiger partial charge in [0, 0.05) is 4.75 Å². The van der Waals surface area contributed by atoms with Crippen molar-refractivity contribution in [1.82, 2.24) is 10.2 Å². The smallest absolute Gasteiger partial charge is 0.330 e. The molecule has 2 saturated heterocycles. The number of methoxy groups -OCH3 is 1. The molecule has 2 amide bonds. The first kappa shape index (κ1) is 22.0. The van der Waals surface area contributed by atoms with Crippen LogP contribution in [-0.4, -0.2) is 58.3 Å². The monoisotopic (exact) mass is 456 g/mol. The number of thioether (sulfide) groups is 1. The molecule has 2 aromatic rings. The Morgan fingerprint density at radius 1 is 1.00 bits per heavy atom. The summed E-state index contributed by atoms with van der Waals surface area (Å²) in [5.41, 5.74) is 0. The number of hydrogen-bond acceptors (Lipinski definition) is 7. The molecular formula is C23H24N2O6S. The number of amides is 2. The van der Waals surface area contributed by atoms with E-state index < -0.39 is 35.0 Å². The van der Waals surface area contributed by atoms with Gasteiger partial charge in [-0.1, -0.05) is 36.4 Å². The van der Waals surface area contributed by atoms with Crippen LogP contribution in [0, 0.1) is 0 Å². The van der Waals surface area contributed by atoms with Gasteiger partial charge in [-0.2, -0.15) is 0 Å². The molecule has 2 heterocycles. The average Bonchev–Trinajstić information content (AvgIpc) is 3.05. The lowest BCUT2D eigenvalue weighted by Gasteiger charge is -2.44. The van der Waals surface area contributed by atoms with E-state index in [1.807, 2.05) is 26.0 Å². The summed E-state index contributed by atoms with van der Waals surface area (Å²) >= 11 is 1.45. The summed E-state index contributed by atoms with van der Waals surface area (Å²) in [6.07, 6.45) is -1.31. The Morgan fingerprint density at radius 2 is 1.53 bits per heavy atom. The number of nitrogens with zero attached hydrogens (tertiary/aromatic N) is 1. The number of hydrogen-bond donors (Lipinski definition) is 1. The molecule has 0 aliphatic carbocycles. The third-order valence-corrected chi connectivity index (χ3v) is 6.92. The van der Waals surface area contributed by atoms with E-state index in [2.05, 4.69) is 5.32 Å². The summed E-state index contributed by atoms with van der Waals surface area (Å²) in [5.74, 6) is -0.494. The highest BCUT2D eigenvalue weighted by molar-refractivity contribution is 8.01. The van der Waals surface area contributed by atoms with Crippen LogP contribution in [0.3, 0.4) is 0 Å². The van der Waals surface area contributed by atoms with Crippen LogP contribution < -0.4 is 14.8 Å².